The number of carbonyl (C=O) groups excluding carboxylic acids is 3. The van der Waals surface area contributed by atoms with Gasteiger partial charge in [-0.1, -0.05) is 40.3 Å². The van der Waals surface area contributed by atoms with Crippen LogP contribution in [-0.4, -0.2) is 96.9 Å². The first-order chi connectivity index (χ1) is 34.8. The number of H-pyrrole nitrogens is 2. The van der Waals surface area contributed by atoms with Crippen LogP contribution < -0.4 is 10.6 Å². The summed E-state index contributed by atoms with van der Waals surface area (Å²) < 4.78 is 18.6. The van der Waals surface area contributed by atoms with Crippen LogP contribution in [0.5, 0.6) is 0 Å². The molecule has 6 N–H and O–H groups in total. The Bertz CT molecular complexity index is 2980. The van der Waals surface area contributed by atoms with Crippen molar-refractivity contribution in [2.75, 3.05) is 13.1 Å². The van der Waals surface area contributed by atoms with Crippen molar-refractivity contribution in [1.82, 2.24) is 30.6 Å². The maximum Gasteiger partial charge on any atom is 0.338 e. The number of esters is 1. The molecule has 3 aromatic rings. The van der Waals surface area contributed by atoms with E-state index < -0.39 is 59.6 Å². The minimum absolute atomic E-state index is 0.00468. The molecule has 1 spiro atoms. The second kappa shape index (κ2) is 20.2. The quantitative estimate of drug-likeness (QED) is 0.0477. The topological polar surface area (TPSA) is 253 Å². The number of nitrogens with one attached hydrogen (secondary N) is 4. The lowest BCUT2D eigenvalue weighted by atomic mass is 9.58. The standard InChI is InChI=1S/C55H68N6O12/c1-10-32-27(4)38-23-40-29(6)34(13-16-46(64)65)49(60-40)35(50-48(51(67)68)31(8)41(61-50)25-43-33(11-2)28(5)39(59-43)24-42(32)58-38)22-45(63)57-21-20-56-44(62)15-17-47(66)69-52-30(7)37-14-12-26(3)36-18-19-54(9)71-53(70-52)55(36,37)73-72-54/h10,23-26,29-30,34,36-37,52-53,58-59H,1,11-22H2,2-9H3,(H,56,62)(H,57,63)(H,64,65)(H,67,68)/t26-,29+,30-,34+,36+,37+,52-,53-,54-,55-/m1/s1. The van der Waals surface area contributed by atoms with Gasteiger partial charge in [0.2, 0.25) is 23.9 Å². The van der Waals surface area contributed by atoms with E-state index in [-0.39, 0.29) is 85.7 Å². The number of fused-ring (bicyclic) bond motifs is 10. The Morgan fingerprint density at radius 1 is 0.863 bits per heavy atom. The fraction of sp³-hybridized carbons (Fsp3) is 0.545. The largest absolute Gasteiger partial charge is 0.481 e. The Balaban J connectivity index is 0.941. The van der Waals surface area contributed by atoms with Crippen molar-refractivity contribution in [3.63, 3.8) is 0 Å². The molecule has 0 aromatic carbocycles. The number of rotatable bonds is 15. The van der Waals surface area contributed by atoms with Crippen LogP contribution in [0.1, 0.15) is 155 Å². The number of nitrogens with zero attached hydrogens (tertiary/aromatic N) is 2. The minimum atomic E-state index is -1.24. The molecule has 0 radical (unpaired) electrons. The molecular formula is C55H68N6O12. The highest BCUT2D eigenvalue weighted by Gasteiger charge is 2.70. The van der Waals surface area contributed by atoms with Crippen LogP contribution in [0.25, 0.3) is 39.3 Å². The maximum atomic E-state index is 14.1. The Hall–Kier alpha value is -6.21. The van der Waals surface area contributed by atoms with Gasteiger partial charge in [-0.15, -0.1) is 0 Å². The first-order valence-corrected chi connectivity index (χ1v) is 25.7. The summed E-state index contributed by atoms with van der Waals surface area (Å²) in [6, 6.07) is 5.79. The molecule has 6 aliphatic heterocycles. The number of hydrogen-bond donors (Lipinski definition) is 6. The summed E-state index contributed by atoms with van der Waals surface area (Å²) in [7, 11) is 0. The number of amides is 2. The van der Waals surface area contributed by atoms with Crippen LogP contribution in [0.3, 0.4) is 0 Å². The van der Waals surface area contributed by atoms with Gasteiger partial charge in [-0.3, -0.25) is 24.2 Å². The van der Waals surface area contributed by atoms with Gasteiger partial charge in [0.15, 0.2) is 11.9 Å². The number of hydrogen-bond acceptors (Lipinski definition) is 12. The molecular weight excluding hydrogens is 937 g/mol. The number of carboxylic acids is 2. The minimum Gasteiger partial charge on any atom is -0.481 e. The number of allylic oxidation sites excluding steroid dienone is 1. The monoisotopic (exact) mass is 1000 g/mol. The van der Waals surface area contributed by atoms with Crippen LogP contribution in [-0.2, 0) is 60.8 Å². The summed E-state index contributed by atoms with van der Waals surface area (Å²) in [5.74, 6) is -5.32. The Morgan fingerprint density at radius 2 is 1.59 bits per heavy atom. The molecule has 0 unspecified atom stereocenters. The molecule has 10 rings (SSSR count). The molecule has 10 bridgehead atoms. The highest BCUT2D eigenvalue weighted by Crippen LogP contribution is 2.60. The molecule has 10 atom stereocenters. The van der Waals surface area contributed by atoms with E-state index in [0.717, 1.165) is 63.6 Å². The molecule has 1 saturated carbocycles. The molecule has 18 heteroatoms. The number of aromatic nitrogens is 4. The fourth-order valence-corrected chi connectivity index (χ4v) is 12.5. The van der Waals surface area contributed by atoms with Gasteiger partial charge in [-0.05, 0) is 112 Å². The maximum absolute atomic E-state index is 14.1. The molecule has 73 heavy (non-hydrogen) atoms. The molecule has 4 saturated heterocycles. The lowest BCUT2D eigenvalue weighted by Crippen LogP contribution is -2.70. The average molecular weight is 1010 g/mol. The predicted molar refractivity (Wildman–Crippen MR) is 270 cm³/mol. The summed E-state index contributed by atoms with van der Waals surface area (Å²) in [5.41, 5.74) is 8.36. The van der Waals surface area contributed by atoms with Gasteiger partial charge in [-0.25, -0.2) is 19.6 Å². The number of carbonyl (C=O) groups is 5. The van der Waals surface area contributed by atoms with Crippen molar-refractivity contribution in [2.24, 2.45) is 23.7 Å². The van der Waals surface area contributed by atoms with Crippen LogP contribution in [0, 0.1) is 37.5 Å². The number of aryl methyl sites for hydroxylation is 3. The molecule has 3 aromatic heterocycles. The highest BCUT2D eigenvalue weighted by molar-refractivity contribution is 6.24. The average Bonchev–Trinajstić information content (AvgIpc) is 3.97. The highest BCUT2D eigenvalue weighted by atomic mass is 17.3. The smallest absolute Gasteiger partial charge is 0.338 e. The SMILES string of the molecule is C=Cc1c(C)c2cc3nc(c(CC(=O)NCCNC(=O)CCC(=O)O[C@@H]4O[C@@H]5O[C@@]6(C)CC[C@H]7[C@H](C)CC[C@@H]([C@H]4C)[C@@]57OO6)c4nc(cc5[nH]c(cc1[nH]2)c(C)c5CC)C(C)=C4C(=O)O)[C@@H](CCC(=O)O)[C@@H]3C. The van der Waals surface area contributed by atoms with Gasteiger partial charge in [0, 0.05) is 94.9 Å². The normalized spacial score (nSPS) is 28.2. The van der Waals surface area contributed by atoms with E-state index >= 15 is 0 Å². The van der Waals surface area contributed by atoms with Crippen LogP contribution >= 0.6 is 0 Å². The summed E-state index contributed by atoms with van der Waals surface area (Å²) in [4.78, 5) is 95.0. The third-order valence-electron chi connectivity index (χ3n) is 16.6. The van der Waals surface area contributed by atoms with Crippen LogP contribution in [0.4, 0.5) is 0 Å². The van der Waals surface area contributed by atoms with Crippen LogP contribution in [0.15, 0.2) is 24.8 Å². The van der Waals surface area contributed by atoms with Crippen molar-refractivity contribution in [3.05, 3.63) is 75.4 Å². The first-order valence-electron chi connectivity index (χ1n) is 25.7. The second-order valence-corrected chi connectivity index (χ2v) is 21.1. The third kappa shape index (κ3) is 9.51. The molecule has 2 amide bonds. The Morgan fingerprint density at radius 3 is 2.30 bits per heavy atom. The number of ether oxygens (including phenoxy) is 3. The van der Waals surface area contributed by atoms with Crippen molar-refractivity contribution < 1.29 is 58.2 Å². The third-order valence-corrected chi connectivity index (χ3v) is 16.6. The molecule has 5 fully saturated rings. The zero-order valence-electron chi connectivity index (χ0n) is 43.0. The van der Waals surface area contributed by atoms with E-state index in [9.17, 15) is 34.2 Å². The van der Waals surface area contributed by atoms with Crippen molar-refractivity contribution >= 4 is 69.0 Å². The zero-order chi connectivity index (χ0) is 52.3. The van der Waals surface area contributed by atoms with Crippen molar-refractivity contribution in [3.8, 4) is 0 Å². The van der Waals surface area contributed by atoms with E-state index in [0.29, 0.717) is 41.4 Å². The Kier molecular flexibility index (Phi) is 14.3. The van der Waals surface area contributed by atoms with Gasteiger partial charge in [-0.2, -0.15) is 0 Å². The van der Waals surface area contributed by atoms with Gasteiger partial charge in [0.05, 0.1) is 35.5 Å². The van der Waals surface area contributed by atoms with Crippen molar-refractivity contribution in [1.29, 1.82) is 0 Å². The molecule has 9 heterocycles. The zero-order valence-corrected chi connectivity index (χ0v) is 43.0. The van der Waals surface area contributed by atoms with Gasteiger partial charge >= 0.3 is 17.9 Å². The van der Waals surface area contributed by atoms with Gasteiger partial charge in [0.25, 0.3) is 0 Å². The summed E-state index contributed by atoms with van der Waals surface area (Å²) >= 11 is 0. The lowest BCUT2D eigenvalue weighted by molar-refractivity contribution is -0.576. The van der Waals surface area contributed by atoms with E-state index in [1.54, 1.807) is 13.0 Å². The number of aliphatic carboxylic acids is 2. The lowest BCUT2D eigenvalue weighted by Gasteiger charge is -2.59. The second-order valence-electron chi connectivity index (χ2n) is 21.1. The van der Waals surface area contributed by atoms with Crippen molar-refractivity contribution in [2.45, 2.75) is 155 Å². The molecule has 1 aliphatic carbocycles. The van der Waals surface area contributed by atoms with Gasteiger partial charge < -0.3 is 45.0 Å². The number of aromatic amines is 2. The molecule has 7 aliphatic rings. The fourth-order valence-electron chi connectivity index (χ4n) is 12.5. The van der Waals surface area contributed by atoms with E-state index in [4.69, 9.17) is 34.0 Å². The number of carboxylic acid groups (broad SMARTS) is 2. The summed E-state index contributed by atoms with van der Waals surface area (Å²) in [6.45, 7) is 19.9. The summed E-state index contributed by atoms with van der Waals surface area (Å²) in [6.07, 6.45) is 3.40. The van der Waals surface area contributed by atoms with Crippen LogP contribution in [0.2, 0.25) is 0 Å². The first kappa shape index (κ1) is 51.7. The predicted octanol–water partition coefficient (Wildman–Crippen LogP) is 8.21. The molecule has 390 valence electrons. The van der Waals surface area contributed by atoms with E-state index in [1.165, 1.54) is 0 Å². The molecule has 18 nitrogen and oxygen atoms in total. The van der Waals surface area contributed by atoms with E-state index in [1.807, 2.05) is 59.7 Å². The van der Waals surface area contributed by atoms with Gasteiger partial charge in [0.1, 0.15) is 0 Å². The summed E-state index contributed by atoms with van der Waals surface area (Å²) in [5, 5.41) is 26.3. The Labute approximate surface area is 424 Å². The van der Waals surface area contributed by atoms with E-state index in [2.05, 4.69) is 34.1 Å².